The summed E-state index contributed by atoms with van der Waals surface area (Å²) in [5.74, 6) is -0.783. The second-order valence-corrected chi connectivity index (χ2v) is 5.62. The molecule has 0 spiro atoms. The maximum Gasteiger partial charge on any atom is 0.245 e. The van der Waals surface area contributed by atoms with Gasteiger partial charge in [0, 0.05) is 19.6 Å². The van der Waals surface area contributed by atoms with Crippen molar-refractivity contribution in [1.29, 1.82) is 0 Å². The molecule has 3 amide bonds. The molecule has 0 aliphatic carbocycles. The van der Waals surface area contributed by atoms with Gasteiger partial charge in [0.1, 0.15) is 6.04 Å². The number of hydrogen-bond donors (Lipinski definition) is 1. The zero-order chi connectivity index (χ0) is 14.9. The molecule has 2 aliphatic rings. The molecule has 0 radical (unpaired) electrons. The molecule has 110 valence electrons. The van der Waals surface area contributed by atoms with Gasteiger partial charge in [-0.3, -0.25) is 14.4 Å². The summed E-state index contributed by atoms with van der Waals surface area (Å²) in [6.07, 6.45) is 2.69. The van der Waals surface area contributed by atoms with Crippen molar-refractivity contribution in [2.45, 2.75) is 25.8 Å². The van der Waals surface area contributed by atoms with Crippen LogP contribution in [0.4, 0.5) is 0 Å². The Balaban J connectivity index is 2.03. The van der Waals surface area contributed by atoms with E-state index in [-0.39, 0.29) is 23.7 Å². The van der Waals surface area contributed by atoms with Gasteiger partial charge in [-0.05, 0) is 24.8 Å². The third-order valence-electron chi connectivity index (χ3n) is 4.30. The molecule has 0 aromatic rings. The first-order valence-corrected chi connectivity index (χ1v) is 6.96. The minimum atomic E-state index is -0.508. The maximum atomic E-state index is 12.5. The predicted octanol–water partition coefficient (Wildman–Crippen LogP) is -0.257. The Hall–Kier alpha value is -1.85. The monoisotopic (exact) mass is 279 g/mol. The van der Waals surface area contributed by atoms with Crippen LogP contribution in [0.25, 0.3) is 0 Å². The number of amides is 3. The summed E-state index contributed by atoms with van der Waals surface area (Å²) in [4.78, 5) is 38.8. The Labute approximate surface area is 118 Å². The van der Waals surface area contributed by atoms with Crippen molar-refractivity contribution < 1.29 is 14.4 Å². The highest BCUT2D eigenvalue weighted by molar-refractivity contribution is 5.90. The maximum absolute atomic E-state index is 12.5. The Bertz CT molecular complexity index is 449. The molecule has 2 rings (SSSR count). The topological polar surface area (TPSA) is 83.7 Å². The van der Waals surface area contributed by atoms with Crippen molar-refractivity contribution in [2.75, 3.05) is 19.6 Å². The summed E-state index contributed by atoms with van der Waals surface area (Å²) >= 11 is 0. The summed E-state index contributed by atoms with van der Waals surface area (Å²) in [6.45, 7) is 6.92. The van der Waals surface area contributed by atoms with Crippen molar-refractivity contribution in [3.63, 3.8) is 0 Å². The predicted molar refractivity (Wildman–Crippen MR) is 73.4 cm³/mol. The second-order valence-electron chi connectivity index (χ2n) is 5.62. The highest BCUT2D eigenvalue weighted by atomic mass is 16.2. The molecule has 2 saturated heterocycles. The van der Waals surface area contributed by atoms with E-state index in [1.807, 2.05) is 6.92 Å². The van der Waals surface area contributed by atoms with Crippen molar-refractivity contribution in [3.05, 3.63) is 12.7 Å². The third-order valence-corrected chi connectivity index (χ3v) is 4.30. The summed E-state index contributed by atoms with van der Waals surface area (Å²) in [7, 11) is 0. The summed E-state index contributed by atoms with van der Waals surface area (Å²) in [5, 5.41) is 0. The van der Waals surface area contributed by atoms with Crippen LogP contribution in [0.5, 0.6) is 0 Å². The van der Waals surface area contributed by atoms with Gasteiger partial charge < -0.3 is 15.5 Å². The molecule has 0 bridgehead atoms. The Morgan fingerprint density at radius 1 is 1.25 bits per heavy atom. The zero-order valence-corrected chi connectivity index (χ0v) is 11.7. The molecule has 2 N–H and O–H groups in total. The average molecular weight is 279 g/mol. The number of carbonyl (C=O) groups is 3. The zero-order valence-electron chi connectivity index (χ0n) is 11.7. The van der Waals surface area contributed by atoms with E-state index in [0.29, 0.717) is 26.1 Å². The van der Waals surface area contributed by atoms with Crippen LogP contribution in [-0.2, 0) is 14.4 Å². The fraction of sp³-hybridized carbons (Fsp3) is 0.643. The van der Waals surface area contributed by atoms with E-state index < -0.39 is 11.9 Å². The Morgan fingerprint density at radius 3 is 2.55 bits per heavy atom. The van der Waals surface area contributed by atoms with E-state index in [0.717, 1.165) is 6.42 Å². The van der Waals surface area contributed by atoms with E-state index in [2.05, 4.69) is 6.58 Å². The van der Waals surface area contributed by atoms with E-state index in [9.17, 15) is 14.4 Å². The molecule has 2 heterocycles. The molecule has 0 unspecified atom stereocenters. The van der Waals surface area contributed by atoms with E-state index in [4.69, 9.17) is 5.73 Å². The number of nitrogens with zero attached hydrogens (tertiary/aromatic N) is 2. The van der Waals surface area contributed by atoms with Gasteiger partial charge in [-0.15, -0.1) is 0 Å². The molecular formula is C14H21N3O3. The van der Waals surface area contributed by atoms with E-state index >= 15 is 0 Å². The lowest BCUT2D eigenvalue weighted by atomic mass is 10.0. The van der Waals surface area contributed by atoms with Crippen molar-refractivity contribution in [3.8, 4) is 0 Å². The van der Waals surface area contributed by atoms with Crippen molar-refractivity contribution in [1.82, 2.24) is 9.80 Å². The minimum absolute atomic E-state index is 0.0579. The van der Waals surface area contributed by atoms with Gasteiger partial charge in [0.15, 0.2) is 0 Å². The lowest BCUT2D eigenvalue weighted by Crippen LogP contribution is -2.48. The molecule has 0 aromatic carbocycles. The SMILES string of the molecule is C=CC(=O)N1CC[C@H](C(=O)N2CC[C@H](C)[C@H]2C(N)=O)C1. The lowest BCUT2D eigenvalue weighted by Gasteiger charge is -2.27. The Morgan fingerprint density at radius 2 is 1.95 bits per heavy atom. The molecule has 0 aromatic heterocycles. The molecule has 2 fully saturated rings. The van der Waals surface area contributed by atoms with Gasteiger partial charge in [0.05, 0.1) is 5.92 Å². The summed E-state index contributed by atoms with van der Waals surface area (Å²) in [6, 6.07) is -0.508. The molecular weight excluding hydrogens is 258 g/mol. The molecule has 6 heteroatoms. The van der Waals surface area contributed by atoms with Crippen LogP contribution in [0.3, 0.4) is 0 Å². The highest BCUT2D eigenvalue weighted by Gasteiger charge is 2.42. The number of primary amides is 1. The number of likely N-dealkylation sites (tertiary alicyclic amines) is 2. The van der Waals surface area contributed by atoms with Gasteiger partial charge in [-0.1, -0.05) is 13.5 Å². The van der Waals surface area contributed by atoms with Gasteiger partial charge in [0.2, 0.25) is 17.7 Å². The number of nitrogens with two attached hydrogens (primary N) is 1. The van der Waals surface area contributed by atoms with Gasteiger partial charge in [0.25, 0.3) is 0 Å². The van der Waals surface area contributed by atoms with Crippen LogP contribution in [-0.4, -0.2) is 53.2 Å². The first kappa shape index (κ1) is 14.6. The Kier molecular flexibility index (Phi) is 4.11. The summed E-state index contributed by atoms with van der Waals surface area (Å²) < 4.78 is 0. The molecule has 20 heavy (non-hydrogen) atoms. The number of hydrogen-bond acceptors (Lipinski definition) is 3. The van der Waals surface area contributed by atoms with E-state index in [1.54, 1.807) is 9.80 Å². The molecule has 3 atom stereocenters. The normalized spacial score (nSPS) is 29.6. The van der Waals surface area contributed by atoms with Crippen LogP contribution in [0.2, 0.25) is 0 Å². The van der Waals surface area contributed by atoms with Crippen LogP contribution >= 0.6 is 0 Å². The number of carbonyl (C=O) groups excluding carboxylic acids is 3. The van der Waals surface area contributed by atoms with Crippen LogP contribution in [0.15, 0.2) is 12.7 Å². The lowest BCUT2D eigenvalue weighted by molar-refractivity contribution is -0.141. The van der Waals surface area contributed by atoms with Crippen LogP contribution in [0.1, 0.15) is 19.8 Å². The van der Waals surface area contributed by atoms with Gasteiger partial charge >= 0.3 is 0 Å². The largest absolute Gasteiger partial charge is 0.368 e. The van der Waals surface area contributed by atoms with Gasteiger partial charge in [-0.2, -0.15) is 0 Å². The average Bonchev–Trinajstić information content (AvgIpc) is 3.03. The first-order valence-electron chi connectivity index (χ1n) is 6.96. The van der Waals surface area contributed by atoms with Crippen LogP contribution in [0, 0.1) is 11.8 Å². The van der Waals surface area contributed by atoms with Crippen LogP contribution < -0.4 is 5.73 Å². The quantitative estimate of drug-likeness (QED) is 0.723. The fourth-order valence-corrected chi connectivity index (χ4v) is 3.15. The summed E-state index contributed by atoms with van der Waals surface area (Å²) in [5.41, 5.74) is 5.40. The molecule has 6 nitrogen and oxygen atoms in total. The van der Waals surface area contributed by atoms with Crippen molar-refractivity contribution >= 4 is 17.7 Å². The second kappa shape index (κ2) is 5.64. The standard InChI is InChI=1S/C14H21N3O3/c1-3-11(18)16-6-5-10(8-16)14(20)17-7-4-9(2)12(17)13(15)19/h3,9-10,12H,1,4-8H2,2H3,(H2,15,19)/t9-,10-,12-/m0/s1. The minimum Gasteiger partial charge on any atom is -0.368 e. The van der Waals surface area contributed by atoms with Crippen molar-refractivity contribution in [2.24, 2.45) is 17.6 Å². The smallest absolute Gasteiger partial charge is 0.245 e. The molecule has 2 aliphatic heterocycles. The third kappa shape index (κ3) is 2.55. The molecule has 0 saturated carbocycles. The van der Waals surface area contributed by atoms with Gasteiger partial charge in [-0.25, -0.2) is 0 Å². The number of rotatable bonds is 3. The first-order chi connectivity index (χ1) is 9.45. The highest BCUT2D eigenvalue weighted by Crippen LogP contribution is 2.28. The van der Waals surface area contributed by atoms with E-state index in [1.165, 1.54) is 6.08 Å². The fourth-order valence-electron chi connectivity index (χ4n) is 3.15.